The molecule has 0 aliphatic carbocycles. The number of nitrogens with zero attached hydrogens (tertiary/aromatic N) is 1. The zero-order chi connectivity index (χ0) is 19.9. The topological polar surface area (TPSA) is 58.6 Å². The Morgan fingerprint density at radius 3 is 2.43 bits per heavy atom. The van der Waals surface area contributed by atoms with Crippen molar-refractivity contribution in [3.8, 4) is 5.75 Å². The largest absolute Gasteiger partial charge is 0.484 e. The number of hydrogen-bond acceptors (Lipinski definition) is 3. The summed E-state index contributed by atoms with van der Waals surface area (Å²) < 4.78 is 5.60. The molecule has 1 atom stereocenters. The Hall–Kier alpha value is -2.82. The van der Waals surface area contributed by atoms with Gasteiger partial charge in [-0.05, 0) is 55.0 Å². The lowest BCUT2D eigenvalue weighted by molar-refractivity contribution is -0.118. The van der Waals surface area contributed by atoms with Crippen LogP contribution in [0.5, 0.6) is 5.75 Å². The maximum Gasteiger partial charge on any atom is 0.262 e. The number of amides is 2. The molecule has 5 heteroatoms. The average Bonchev–Trinajstić information content (AvgIpc) is 3.27. The number of ether oxygens (including phenoxy) is 1. The van der Waals surface area contributed by atoms with Gasteiger partial charge in [-0.2, -0.15) is 0 Å². The van der Waals surface area contributed by atoms with E-state index >= 15 is 0 Å². The molecule has 1 saturated heterocycles. The van der Waals surface area contributed by atoms with Crippen LogP contribution < -0.4 is 10.1 Å². The highest BCUT2D eigenvalue weighted by atomic mass is 16.5. The summed E-state index contributed by atoms with van der Waals surface area (Å²) in [4.78, 5) is 26.9. The van der Waals surface area contributed by atoms with Gasteiger partial charge in [0.15, 0.2) is 6.61 Å². The van der Waals surface area contributed by atoms with E-state index in [2.05, 4.69) is 19.2 Å². The minimum Gasteiger partial charge on any atom is -0.484 e. The molecule has 2 aromatic carbocycles. The summed E-state index contributed by atoms with van der Waals surface area (Å²) in [5, 5.41) is 2.81. The Morgan fingerprint density at radius 2 is 1.75 bits per heavy atom. The van der Waals surface area contributed by atoms with Crippen LogP contribution in [-0.4, -0.2) is 36.4 Å². The summed E-state index contributed by atoms with van der Waals surface area (Å²) in [6, 6.07) is 15.0. The predicted octanol–water partition coefficient (Wildman–Crippen LogP) is 4.45. The molecule has 1 aliphatic heterocycles. The van der Waals surface area contributed by atoms with Gasteiger partial charge >= 0.3 is 0 Å². The molecule has 28 heavy (non-hydrogen) atoms. The fourth-order valence-electron chi connectivity index (χ4n) is 3.33. The van der Waals surface area contributed by atoms with Gasteiger partial charge in [-0.25, -0.2) is 0 Å². The molecule has 0 bridgehead atoms. The molecule has 1 heterocycles. The normalized spacial score (nSPS) is 14.6. The SMILES string of the molecule is CC[C@H](C)c1ccc(OCC(=O)Nc2ccccc2C(=O)N2CCCC2)cc1. The summed E-state index contributed by atoms with van der Waals surface area (Å²) in [5.41, 5.74) is 2.31. The summed E-state index contributed by atoms with van der Waals surface area (Å²) in [7, 11) is 0. The molecular formula is C23H28N2O3. The summed E-state index contributed by atoms with van der Waals surface area (Å²) in [6.07, 6.45) is 3.14. The van der Waals surface area contributed by atoms with Crippen LogP contribution in [0.1, 0.15) is 54.9 Å². The molecule has 148 valence electrons. The number of rotatable bonds is 7. The van der Waals surface area contributed by atoms with E-state index in [0.717, 1.165) is 32.4 Å². The number of anilines is 1. The van der Waals surface area contributed by atoms with Crippen molar-refractivity contribution in [2.75, 3.05) is 25.0 Å². The second-order valence-electron chi connectivity index (χ2n) is 7.26. The summed E-state index contributed by atoms with van der Waals surface area (Å²) in [6.45, 7) is 5.79. The van der Waals surface area contributed by atoms with Crippen LogP contribution in [0.2, 0.25) is 0 Å². The lowest BCUT2D eigenvalue weighted by Gasteiger charge is -2.18. The van der Waals surface area contributed by atoms with E-state index in [1.807, 2.05) is 41.3 Å². The number of carbonyl (C=O) groups is 2. The molecule has 3 rings (SSSR count). The van der Waals surface area contributed by atoms with Gasteiger partial charge in [0.1, 0.15) is 5.75 Å². The Kier molecular flexibility index (Phi) is 6.69. The van der Waals surface area contributed by atoms with E-state index in [0.29, 0.717) is 22.9 Å². The molecular weight excluding hydrogens is 352 g/mol. The van der Waals surface area contributed by atoms with Gasteiger partial charge in [-0.1, -0.05) is 38.1 Å². The molecule has 2 aromatic rings. The fourth-order valence-corrected chi connectivity index (χ4v) is 3.33. The highest BCUT2D eigenvalue weighted by molar-refractivity contribution is 6.04. The van der Waals surface area contributed by atoms with Crippen molar-refractivity contribution in [3.63, 3.8) is 0 Å². The van der Waals surface area contributed by atoms with Crippen LogP contribution in [0.15, 0.2) is 48.5 Å². The van der Waals surface area contributed by atoms with E-state index < -0.39 is 0 Å². The smallest absolute Gasteiger partial charge is 0.262 e. The zero-order valence-electron chi connectivity index (χ0n) is 16.6. The third-order valence-electron chi connectivity index (χ3n) is 5.26. The summed E-state index contributed by atoms with van der Waals surface area (Å²) >= 11 is 0. The predicted molar refractivity (Wildman–Crippen MR) is 111 cm³/mol. The first-order chi connectivity index (χ1) is 13.6. The van der Waals surface area contributed by atoms with Gasteiger partial charge in [0, 0.05) is 13.1 Å². The van der Waals surface area contributed by atoms with Crippen LogP contribution in [0.4, 0.5) is 5.69 Å². The average molecular weight is 380 g/mol. The van der Waals surface area contributed by atoms with Crippen molar-refractivity contribution in [2.24, 2.45) is 0 Å². The Bertz CT molecular complexity index is 811. The molecule has 1 fully saturated rings. The number of benzene rings is 2. The molecule has 0 saturated carbocycles. The van der Waals surface area contributed by atoms with Gasteiger partial charge in [-0.15, -0.1) is 0 Å². The van der Waals surface area contributed by atoms with Crippen molar-refractivity contribution in [1.29, 1.82) is 0 Å². The first-order valence-corrected chi connectivity index (χ1v) is 9.99. The number of para-hydroxylation sites is 1. The van der Waals surface area contributed by atoms with Gasteiger partial charge in [0.2, 0.25) is 0 Å². The fraction of sp³-hybridized carbons (Fsp3) is 0.391. The molecule has 0 spiro atoms. The molecule has 1 N–H and O–H groups in total. The van der Waals surface area contributed by atoms with E-state index in [9.17, 15) is 9.59 Å². The third-order valence-corrected chi connectivity index (χ3v) is 5.26. The maximum atomic E-state index is 12.7. The molecule has 0 aromatic heterocycles. The quantitative estimate of drug-likeness (QED) is 0.772. The third kappa shape index (κ3) is 4.91. The molecule has 1 aliphatic rings. The Balaban J connectivity index is 1.58. The van der Waals surface area contributed by atoms with Gasteiger partial charge < -0.3 is 15.0 Å². The standard InChI is InChI=1S/C23H28N2O3/c1-3-17(2)18-10-12-19(13-11-18)28-16-22(26)24-21-9-5-4-8-20(21)23(27)25-14-6-7-15-25/h4-5,8-13,17H,3,6-7,14-16H2,1-2H3,(H,24,26)/t17-/m0/s1. The van der Waals surface area contributed by atoms with Gasteiger partial charge in [0.25, 0.3) is 11.8 Å². The van der Waals surface area contributed by atoms with Crippen LogP contribution in [0.3, 0.4) is 0 Å². The summed E-state index contributed by atoms with van der Waals surface area (Å²) in [5.74, 6) is 0.841. The first kappa shape index (κ1) is 19.9. The molecule has 0 unspecified atom stereocenters. The molecule has 5 nitrogen and oxygen atoms in total. The first-order valence-electron chi connectivity index (χ1n) is 9.99. The van der Waals surface area contributed by atoms with Crippen molar-refractivity contribution >= 4 is 17.5 Å². The highest BCUT2D eigenvalue weighted by Crippen LogP contribution is 2.22. The van der Waals surface area contributed by atoms with Crippen LogP contribution in [0.25, 0.3) is 0 Å². The van der Waals surface area contributed by atoms with Gasteiger partial charge in [0.05, 0.1) is 11.3 Å². The number of carbonyl (C=O) groups excluding carboxylic acids is 2. The number of hydrogen-bond donors (Lipinski definition) is 1. The molecule has 2 amide bonds. The lowest BCUT2D eigenvalue weighted by Crippen LogP contribution is -2.29. The number of likely N-dealkylation sites (tertiary alicyclic amines) is 1. The van der Waals surface area contributed by atoms with Crippen molar-refractivity contribution < 1.29 is 14.3 Å². The number of nitrogens with one attached hydrogen (secondary N) is 1. The van der Waals surface area contributed by atoms with Crippen molar-refractivity contribution in [3.05, 3.63) is 59.7 Å². The van der Waals surface area contributed by atoms with Gasteiger partial charge in [-0.3, -0.25) is 9.59 Å². The van der Waals surface area contributed by atoms with E-state index in [1.54, 1.807) is 12.1 Å². The van der Waals surface area contributed by atoms with E-state index in [1.165, 1.54) is 5.56 Å². The minimum absolute atomic E-state index is 0.0325. The minimum atomic E-state index is -0.285. The van der Waals surface area contributed by atoms with Crippen LogP contribution >= 0.6 is 0 Å². The van der Waals surface area contributed by atoms with E-state index in [-0.39, 0.29) is 18.4 Å². The molecule has 0 radical (unpaired) electrons. The van der Waals surface area contributed by atoms with Crippen molar-refractivity contribution in [1.82, 2.24) is 4.90 Å². The Morgan fingerprint density at radius 1 is 1.07 bits per heavy atom. The lowest BCUT2D eigenvalue weighted by atomic mass is 9.99. The monoisotopic (exact) mass is 380 g/mol. The van der Waals surface area contributed by atoms with E-state index in [4.69, 9.17) is 4.74 Å². The highest BCUT2D eigenvalue weighted by Gasteiger charge is 2.22. The van der Waals surface area contributed by atoms with Crippen LogP contribution in [0, 0.1) is 0 Å². The second kappa shape index (κ2) is 9.40. The second-order valence-corrected chi connectivity index (χ2v) is 7.26. The Labute approximate surface area is 166 Å². The maximum absolute atomic E-state index is 12.7. The zero-order valence-corrected chi connectivity index (χ0v) is 16.6. The van der Waals surface area contributed by atoms with Crippen molar-refractivity contribution in [2.45, 2.75) is 39.0 Å². The van der Waals surface area contributed by atoms with Crippen LogP contribution in [-0.2, 0) is 4.79 Å².